The van der Waals surface area contributed by atoms with E-state index in [9.17, 15) is 5.11 Å². The van der Waals surface area contributed by atoms with Gasteiger partial charge >= 0.3 is 0 Å². The van der Waals surface area contributed by atoms with E-state index in [-0.39, 0.29) is 0 Å². The second-order valence-corrected chi connectivity index (χ2v) is 6.36. The van der Waals surface area contributed by atoms with Crippen LogP contribution in [0, 0.1) is 17.8 Å². The largest absolute Gasteiger partial charge is 0.486 e. The first-order chi connectivity index (χ1) is 9.76. The molecule has 20 heavy (non-hydrogen) atoms. The van der Waals surface area contributed by atoms with Crippen LogP contribution in [-0.2, 0) is 6.54 Å². The molecular weight excluding hydrogens is 278 g/mol. The number of fused-ring (bicyclic) bond motifs is 2. The molecule has 1 aromatic carbocycles. The second kappa shape index (κ2) is 4.79. The van der Waals surface area contributed by atoms with Gasteiger partial charge in [0.15, 0.2) is 11.5 Å². The van der Waals surface area contributed by atoms with Gasteiger partial charge in [0.05, 0.1) is 0 Å². The number of aliphatic hydroxyl groups excluding tert-OH is 1. The molecule has 1 aromatic rings. The van der Waals surface area contributed by atoms with Crippen molar-refractivity contribution in [1.82, 2.24) is 4.90 Å². The van der Waals surface area contributed by atoms with E-state index < -0.39 is 0 Å². The van der Waals surface area contributed by atoms with Crippen LogP contribution < -0.4 is 9.47 Å². The number of hydrogen-bond acceptors (Lipinski definition) is 4. The standard InChI is InChI=1S/C15H18ClNO3/c16-13-4-15-14(19-1-2-20-15)3-9(13)5-17-6-10-11(7-17)12(10)8-18/h3-4,10-12,18H,1-2,5-8H2/t10-,11+,12?. The van der Waals surface area contributed by atoms with Crippen LogP contribution in [0.25, 0.3) is 0 Å². The molecule has 0 amide bonds. The van der Waals surface area contributed by atoms with Crippen LogP contribution in [0.15, 0.2) is 12.1 Å². The van der Waals surface area contributed by atoms with Crippen LogP contribution in [-0.4, -0.2) is 42.9 Å². The fraction of sp³-hybridized carbons (Fsp3) is 0.600. The van der Waals surface area contributed by atoms with Crippen molar-refractivity contribution in [3.05, 3.63) is 22.7 Å². The van der Waals surface area contributed by atoms with E-state index in [0.717, 1.165) is 41.7 Å². The molecule has 0 radical (unpaired) electrons. The van der Waals surface area contributed by atoms with Crippen molar-refractivity contribution in [2.24, 2.45) is 17.8 Å². The number of hydrogen-bond donors (Lipinski definition) is 1. The van der Waals surface area contributed by atoms with Gasteiger partial charge in [0.1, 0.15) is 13.2 Å². The summed E-state index contributed by atoms with van der Waals surface area (Å²) in [5.74, 6) is 3.47. The normalized spacial score (nSPS) is 31.2. The molecule has 2 heterocycles. The van der Waals surface area contributed by atoms with Crippen molar-refractivity contribution in [3.8, 4) is 11.5 Å². The van der Waals surface area contributed by atoms with E-state index in [0.29, 0.717) is 37.6 Å². The lowest BCUT2D eigenvalue weighted by Crippen LogP contribution is -2.25. The Kier molecular flexibility index (Phi) is 3.05. The van der Waals surface area contributed by atoms with Gasteiger partial charge in [-0.1, -0.05) is 11.6 Å². The van der Waals surface area contributed by atoms with Gasteiger partial charge in [0.2, 0.25) is 0 Å². The number of rotatable bonds is 3. The minimum Gasteiger partial charge on any atom is -0.486 e. The summed E-state index contributed by atoms with van der Waals surface area (Å²) in [6.45, 7) is 4.51. The fourth-order valence-electron chi connectivity index (χ4n) is 3.60. The van der Waals surface area contributed by atoms with E-state index in [1.807, 2.05) is 12.1 Å². The number of halogens is 1. The van der Waals surface area contributed by atoms with Gasteiger partial charge in [-0.25, -0.2) is 0 Å². The molecule has 2 fully saturated rings. The highest BCUT2D eigenvalue weighted by Gasteiger charge is 2.54. The predicted molar refractivity (Wildman–Crippen MR) is 75.3 cm³/mol. The van der Waals surface area contributed by atoms with Gasteiger partial charge < -0.3 is 14.6 Å². The number of piperidine rings is 1. The summed E-state index contributed by atoms with van der Waals surface area (Å²) in [5.41, 5.74) is 1.10. The van der Waals surface area contributed by atoms with Gasteiger partial charge in [-0.2, -0.15) is 0 Å². The zero-order valence-electron chi connectivity index (χ0n) is 11.2. The Morgan fingerprint density at radius 1 is 1.15 bits per heavy atom. The van der Waals surface area contributed by atoms with Gasteiger partial charge in [0.25, 0.3) is 0 Å². The predicted octanol–water partition coefficient (Wildman–Crippen LogP) is 1.78. The van der Waals surface area contributed by atoms with Crippen molar-refractivity contribution in [2.45, 2.75) is 6.54 Å². The molecule has 4 rings (SSSR count). The number of nitrogens with zero attached hydrogens (tertiary/aromatic N) is 1. The molecule has 0 bridgehead atoms. The van der Waals surface area contributed by atoms with Crippen molar-refractivity contribution in [3.63, 3.8) is 0 Å². The minimum absolute atomic E-state index is 0.341. The van der Waals surface area contributed by atoms with Crippen LogP contribution >= 0.6 is 11.6 Å². The summed E-state index contributed by atoms with van der Waals surface area (Å²) in [4.78, 5) is 2.42. The first-order valence-corrected chi connectivity index (χ1v) is 7.55. The Balaban J connectivity index is 1.47. The van der Waals surface area contributed by atoms with Crippen LogP contribution in [0.2, 0.25) is 5.02 Å². The lowest BCUT2D eigenvalue weighted by molar-refractivity contribution is 0.171. The van der Waals surface area contributed by atoms with Crippen LogP contribution in [0.1, 0.15) is 5.56 Å². The first kappa shape index (κ1) is 12.7. The fourth-order valence-corrected chi connectivity index (χ4v) is 3.82. The topological polar surface area (TPSA) is 41.9 Å². The average Bonchev–Trinajstić information content (AvgIpc) is 2.93. The Morgan fingerprint density at radius 3 is 2.45 bits per heavy atom. The van der Waals surface area contributed by atoms with Crippen LogP contribution in [0.5, 0.6) is 11.5 Å². The first-order valence-electron chi connectivity index (χ1n) is 7.17. The maximum absolute atomic E-state index is 9.19. The van der Waals surface area contributed by atoms with E-state index >= 15 is 0 Å². The highest BCUT2D eigenvalue weighted by Crippen LogP contribution is 2.51. The lowest BCUT2D eigenvalue weighted by Gasteiger charge is -2.23. The van der Waals surface area contributed by atoms with E-state index in [1.54, 1.807) is 0 Å². The zero-order valence-corrected chi connectivity index (χ0v) is 12.0. The van der Waals surface area contributed by atoms with Crippen molar-refractivity contribution in [2.75, 3.05) is 32.9 Å². The molecule has 2 aliphatic heterocycles. The number of benzene rings is 1. The highest BCUT2D eigenvalue weighted by atomic mass is 35.5. The number of likely N-dealkylation sites (tertiary alicyclic amines) is 1. The maximum atomic E-state index is 9.19. The summed E-state index contributed by atoms with van der Waals surface area (Å²) in [6, 6.07) is 3.86. The number of aliphatic hydroxyl groups is 1. The molecule has 3 aliphatic rings. The third-order valence-corrected chi connectivity index (χ3v) is 5.11. The van der Waals surface area contributed by atoms with Gasteiger partial charge in [-0.05, 0) is 29.4 Å². The van der Waals surface area contributed by atoms with Gasteiger partial charge in [-0.3, -0.25) is 4.90 Å². The zero-order chi connectivity index (χ0) is 13.7. The molecule has 3 atom stereocenters. The molecule has 1 N–H and O–H groups in total. The van der Waals surface area contributed by atoms with Crippen molar-refractivity contribution in [1.29, 1.82) is 0 Å². The Morgan fingerprint density at radius 2 is 1.80 bits per heavy atom. The minimum atomic E-state index is 0.341. The van der Waals surface area contributed by atoms with Crippen molar-refractivity contribution < 1.29 is 14.6 Å². The SMILES string of the molecule is OCC1[C@H]2CN(Cc3cc4c(cc3Cl)OCCO4)C[C@@H]12. The molecule has 4 nitrogen and oxygen atoms in total. The summed E-state index contributed by atoms with van der Waals surface area (Å²) in [5, 5.41) is 9.94. The molecule has 1 unspecified atom stereocenters. The molecule has 1 saturated heterocycles. The van der Waals surface area contributed by atoms with Gasteiger partial charge in [-0.15, -0.1) is 0 Å². The summed E-state index contributed by atoms with van der Waals surface area (Å²) in [6.07, 6.45) is 0. The molecule has 0 aromatic heterocycles. The Hall–Kier alpha value is -0.970. The van der Waals surface area contributed by atoms with Crippen LogP contribution in [0.4, 0.5) is 0 Å². The average molecular weight is 296 g/mol. The van der Waals surface area contributed by atoms with E-state index in [1.165, 1.54) is 0 Å². The molecule has 1 saturated carbocycles. The van der Waals surface area contributed by atoms with E-state index in [2.05, 4.69) is 4.90 Å². The molecule has 1 aliphatic carbocycles. The van der Waals surface area contributed by atoms with Crippen LogP contribution in [0.3, 0.4) is 0 Å². The summed E-state index contributed by atoms with van der Waals surface area (Å²) < 4.78 is 11.1. The molecular formula is C15H18ClNO3. The third kappa shape index (κ3) is 2.07. The lowest BCUT2D eigenvalue weighted by atomic mass is 10.1. The molecule has 0 spiro atoms. The highest BCUT2D eigenvalue weighted by molar-refractivity contribution is 6.31. The number of ether oxygens (including phenoxy) is 2. The quantitative estimate of drug-likeness (QED) is 0.923. The van der Waals surface area contributed by atoms with Gasteiger partial charge in [0, 0.05) is 37.3 Å². The van der Waals surface area contributed by atoms with E-state index in [4.69, 9.17) is 21.1 Å². The molecule has 108 valence electrons. The summed E-state index contributed by atoms with van der Waals surface area (Å²) >= 11 is 6.34. The Labute approximate surface area is 123 Å². The second-order valence-electron chi connectivity index (χ2n) is 5.96. The van der Waals surface area contributed by atoms with Crippen molar-refractivity contribution >= 4 is 11.6 Å². The molecule has 5 heteroatoms. The maximum Gasteiger partial charge on any atom is 0.162 e. The monoisotopic (exact) mass is 295 g/mol. The third-order valence-electron chi connectivity index (χ3n) is 4.76. The smallest absolute Gasteiger partial charge is 0.162 e. The summed E-state index contributed by atoms with van der Waals surface area (Å²) in [7, 11) is 0. The Bertz CT molecular complexity index is 524.